The smallest absolute Gasteiger partial charge is 0.122 e. The zero-order valence-electron chi connectivity index (χ0n) is 94.1. The van der Waals surface area contributed by atoms with E-state index in [4.69, 9.17) is 4.74 Å². The number of methoxy groups -OCH3 is 1. The number of ether oxygens (including phenoxy) is 1. The van der Waals surface area contributed by atoms with Crippen molar-refractivity contribution in [2.75, 3.05) is 26.1 Å². The molecule has 0 amide bonds. The second kappa shape index (κ2) is 41.4. The van der Waals surface area contributed by atoms with Gasteiger partial charge in [-0.25, -0.2) is 0 Å². The molecule has 2 nitrogen and oxygen atoms in total. The molecule has 24 aromatic rings. The zero-order chi connectivity index (χ0) is 106. The van der Waals surface area contributed by atoms with E-state index in [2.05, 4.69) is 590 Å². The Balaban J connectivity index is 0.000000121. The fourth-order valence-electron chi connectivity index (χ4n) is 21.5. The summed E-state index contributed by atoms with van der Waals surface area (Å²) in [5, 5.41) is 41.5. The summed E-state index contributed by atoms with van der Waals surface area (Å²) in [6, 6.07) is 135. The second-order valence-electron chi connectivity index (χ2n) is 50.4. The third-order valence-electron chi connectivity index (χ3n) is 29.7. The molecule has 0 fully saturated rings. The maximum atomic E-state index is 5.35. The first-order valence-corrected chi connectivity index (χ1v) is 53.2. The van der Waals surface area contributed by atoms with E-state index in [0.717, 1.165) is 5.75 Å². The minimum atomic E-state index is 0.105. The van der Waals surface area contributed by atoms with Crippen molar-refractivity contribution in [3.63, 3.8) is 0 Å². The molecule has 0 heterocycles. The molecule has 0 N–H and O–H groups in total. The van der Waals surface area contributed by atoms with Crippen molar-refractivity contribution in [1.82, 2.24) is 0 Å². The van der Waals surface area contributed by atoms with E-state index in [9.17, 15) is 0 Å². The number of nitrogens with zero attached hydrogens (tertiary/aromatic N) is 1. The van der Waals surface area contributed by atoms with Crippen LogP contribution in [-0.2, 0) is 48.7 Å². The number of anilines is 1. The van der Waals surface area contributed by atoms with Gasteiger partial charge in [0, 0.05) is 19.8 Å². The predicted molar refractivity (Wildman–Crippen MR) is 655 cm³/mol. The zero-order valence-corrected chi connectivity index (χ0v) is 94.1. The molecule has 147 heavy (non-hydrogen) atoms. The summed E-state index contributed by atoms with van der Waals surface area (Å²) >= 11 is 0. The van der Waals surface area contributed by atoms with Gasteiger partial charge in [-0.1, -0.05) is 538 Å². The Kier molecular flexibility index (Phi) is 29.8. The summed E-state index contributed by atoms with van der Waals surface area (Å²) in [5.74, 6) is 0.993. The minimum absolute atomic E-state index is 0.105. The van der Waals surface area contributed by atoms with Gasteiger partial charge in [0.25, 0.3) is 0 Å². The number of fused-ring (bicyclic) bond motifs is 4. The highest BCUT2D eigenvalue weighted by Crippen LogP contribution is 2.52. The normalized spacial score (nSPS) is 12.4. The topological polar surface area (TPSA) is 12.5 Å². The van der Waals surface area contributed by atoms with Gasteiger partial charge in [-0.3, -0.25) is 0 Å². The van der Waals surface area contributed by atoms with E-state index >= 15 is 0 Å². The SMILES string of the molecule is CC(C)(C)c1cc2ccc3ccc4ccc5ccc6ccc1c1c6c5c4c3c21.CC(C)(C)c1ccc2c3cccc4cccc(c5cccc1c52)c43.CC(C)(C)c1ccc2ccc3cccc4ccc1c2c34.CC(C)(C)c1ccc2ccccc2c1.CC(C)(C)c1cccc2ccccc12.CC(C)(C)c1ccccc1.CN(C)c1ccc(C(C)(C)C)cc1.COc1cc(C)ccc1C(C)(C)C.Cc1ccc(C(C)(C)C)cc1. The van der Waals surface area contributed by atoms with Crippen molar-refractivity contribution < 1.29 is 4.74 Å². The first kappa shape index (κ1) is 106. The number of benzene rings is 24. The number of rotatable bonds is 2. The molecule has 0 aromatic heterocycles. The highest BCUT2D eigenvalue weighted by Gasteiger charge is 2.29. The number of aryl methyl sites for hydroxylation is 2. The fraction of sp³-hybridized carbons (Fsp3) is 0.283. The molecule has 0 aliphatic heterocycles. The summed E-state index contributed by atoms with van der Waals surface area (Å²) in [6.45, 7) is 65.1. The molecule has 24 rings (SSSR count). The molecule has 0 aliphatic rings. The van der Waals surface area contributed by atoms with Crippen molar-refractivity contribution in [3.8, 4) is 5.75 Å². The minimum Gasteiger partial charge on any atom is -0.496 e. The largest absolute Gasteiger partial charge is 0.496 e. The van der Waals surface area contributed by atoms with E-state index in [1.165, 1.54) is 228 Å². The predicted octanol–water partition coefficient (Wildman–Crippen LogP) is 42.0. The monoisotopic (exact) mass is 1930 g/mol. The van der Waals surface area contributed by atoms with Crippen LogP contribution in [0.15, 0.2) is 370 Å². The highest BCUT2D eigenvalue weighted by molar-refractivity contribution is 6.45. The van der Waals surface area contributed by atoms with Crippen molar-refractivity contribution in [2.45, 2.75) is 250 Å². The van der Waals surface area contributed by atoms with E-state index in [-0.39, 0.29) is 43.3 Å². The van der Waals surface area contributed by atoms with Gasteiger partial charge in [-0.2, -0.15) is 0 Å². The quantitative estimate of drug-likeness (QED) is 0.126. The molecular formula is C145H157NO. The first-order valence-electron chi connectivity index (χ1n) is 53.2. The lowest BCUT2D eigenvalue weighted by Crippen LogP contribution is -2.12. The Morgan fingerprint density at radius 1 is 0.163 bits per heavy atom. The van der Waals surface area contributed by atoms with Crippen LogP contribution in [0.4, 0.5) is 5.69 Å². The van der Waals surface area contributed by atoms with Gasteiger partial charge in [-0.05, 0) is 304 Å². The molecule has 0 spiro atoms. The fourth-order valence-corrected chi connectivity index (χ4v) is 21.5. The summed E-state index contributed by atoms with van der Waals surface area (Å²) in [5.41, 5.74) is 18.3. The van der Waals surface area contributed by atoms with Crippen LogP contribution >= 0.6 is 0 Å². The van der Waals surface area contributed by atoms with Crippen LogP contribution in [0.1, 0.15) is 248 Å². The van der Waals surface area contributed by atoms with Gasteiger partial charge in [0.1, 0.15) is 5.75 Å². The molecule has 0 radical (unpaired) electrons. The molecule has 0 saturated heterocycles. The molecule has 0 unspecified atom stereocenters. The van der Waals surface area contributed by atoms with E-state index in [1.807, 2.05) is 0 Å². The van der Waals surface area contributed by atoms with Gasteiger partial charge in [-0.15, -0.1) is 0 Å². The van der Waals surface area contributed by atoms with Gasteiger partial charge in [0.2, 0.25) is 0 Å². The molecule has 0 aliphatic carbocycles. The van der Waals surface area contributed by atoms with Gasteiger partial charge >= 0.3 is 0 Å². The van der Waals surface area contributed by atoms with Crippen LogP contribution in [0.2, 0.25) is 0 Å². The summed E-state index contributed by atoms with van der Waals surface area (Å²) in [7, 11) is 5.85. The van der Waals surface area contributed by atoms with Crippen LogP contribution in [0, 0.1) is 13.8 Å². The lowest BCUT2D eigenvalue weighted by Gasteiger charge is -2.26. The van der Waals surface area contributed by atoms with E-state index in [0.29, 0.717) is 5.41 Å². The molecule has 0 bridgehead atoms. The second-order valence-corrected chi connectivity index (χ2v) is 50.4. The van der Waals surface area contributed by atoms with Gasteiger partial charge in [0.15, 0.2) is 0 Å². The van der Waals surface area contributed by atoms with Crippen molar-refractivity contribution >= 4 is 167 Å². The van der Waals surface area contributed by atoms with E-state index < -0.39 is 0 Å². The van der Waals surface area contributed by atoms with Gasteiger partial charge < -0.3 is 9.64 Å². The Bertz CT molecular complexity index is 8540. The molecule has 0 saturated carbocycles. The van der Waals surface area contributed by atoms with Crippen LogP contribution in [0.3, 0.4) is 0 Å². The van der Waals surface area contributed by atoms with Crippen molar-refractivity contribution in [3.05, 3.63) is 431 Å². The molecule has 2 heteroatoms. The van der Waals surface area contributed by atoms with Crippen LogP contribution in [0.5, 0.6) is 5.75 Å². The van der Waals surface area contributed by atoms with Crippen LogP contribution in [-0.4, -0.2) is 21.2 Å². The summed E-state index contributed by atoms with van der Waals surface area (Å²) < 4.78 is 5.35. The standard InChI is InChI=1S/C28H20.C24H20.C20H18.2C14H16.C12H19N.C12H18O.C11H16.C10H14/c1-28(2,3)21-14-19-11-10-17-7-5-15-4-6-16-8-9-18-12-13-20(21)27-25(18)23(16)22(15)24(17)26(19)27;1-24(2,3)21-14-13-19-17-10-5-8-15-7-4-9-16(22(15)17)18-11-6-12-20(21)23(18)19;1-20(2,3)17-12-10-15-8-7-13-5-4-6-14-9-11-16(17)19(15)18(13)14;1-14(2,3)13-10-6-8-11-7-4-5-9-12(11)13;1-14(2,3)13-9-8-11-6-4-5-7-12(11)10-13;1-12(2,3)10-6-8-11(9-7-10)13(4)5;1-9-6-7-10(12(2,3)4)11(8-9)13-5;1-9-5-7-10(8-6-9)11(2,3)4;1-10(2,3)9-7-5-4-6-8-9/h4-14H,1-3H3;4-14H,1-3H3;4-12H,1-3H3;2*4-10H,1-3H3;6-9H,1-5H3;6-8H,1-5H3;5-8H,1-4H3;4-8H,1-3H3. The summed E-state index contributed by atoms with van der Waals surface area (Å²) in [4.78, 5) is 2.12. The first-order chi connectivity index (χ1) is 69.3. The highest BCUT2D eigenvalue weighted by atomic mass is 16.5. The Morgan fingerprint density at radius 3 is 0.932 bits per heavy atom. The Morgan fingerprint density at radius 2 is 0.456 bits per heavy atom. The lowest BCUT2D eigenvalue weighted by atomic mass is 9.77. The molecule has 24 aromatic carbocycles. The number of hydrogen-bond acceptors (Lipinski definition) is 2. The third-order valence-corrected chi connectivity index (χ3v) is 29.7. The maximum Gasteiger partial charge on any atom is 0.122 e. The molecule has 0 atom stereocenters. The molecular weight excluding hydrogens is 1770 g/mol. The molecule has 748 valence electrons. The van der Waals surface area contributed by atoms with Gasteiger partial charge in [0.05, 0.1) is 7.11 Å². The number of hydrogen-bond donors (Lipinski definition) is 0. The average Bonchev–Trinajstić information content (AvgIpc) is 0.684. The van der Waals surface area contributed by atoms with Crippen LogP contribution in [0.25, 0.3) is 162 Å². The van der Waals surface area contributed by atoms with Crippen molar-refractivity contribution in [2.24, 2.45) is 0 Å². The van der Waals surface area contributed by atoms with Crippen molar-refractivity contribution in [1.29, 1.82) is 0 Å². The Hall–Kier alpha value is -13.9. The average molecular weight is 1930 g/mol. The maximum absolute atomic E-state index is 5.35. The Labute approximate surface area is 878 Å². The summed E-state index contributed by atoms with van der Waals surface area (Å²) in [6.07, 6.45) is 0. The van der Waals surface area contributed by atoms with Crippen LogP contribution < -0.4 is 9.64 Å². The lowest BCUT2D eigenvalue weighted by molar-refractivity contribution is 0.397. The van der Waals surface area contributed by atoms with E-state index in [1.54, 1.807) is 7.11 Å². The third kappa shape index (κ3) is 22.8.